The quantitative estimate of drug-likeness (QED) is 0.641. The second kappa shape index (κ2) is 3.76. The molecule has 0 spiro atoms. The van der Waals surface area contributed by atoms with Crippen molar-refractivity contribution < 1.29 is 9.90 Å². The highest BCUT2D eigenvalue weighted by Gasteiger charge is 2.04. The van der Waals surface area contributed by atoms with Gasteiger partial charge in [-0.25, -0.2) is 4.79 Å². The molecule has 3 nitrogen and oxygen atoms in total. The first kappa shape index (κ1) is 9.32. The maximum absolute atomic E-state index is 10.8. The minimum atomic E-state index is -0.974. The van der Waals surface area contributed by atoms with E-state index in [0.29, 0.717) is 10.4 Å². The lowest BCUT2D eigenvalue weighted by molar-refractivity contribution is -0.130. The van der Waals surface area contributed by atoms with Gasteiger partial charge in [0.15, 0.2) is 0 Å². The Morgan fingerprint density at radius 2 is 2.08 bits per heavy atom. The molecule has 1 aromatic carbocycles. The molecule has 0 bridgehead atoms. The second-order valence-electron chi connectivity index (χ2n) is 2.59. The highest BCUT2D eigenvalue weighted by Crippen LogP contribution is 1.83. The van der Waals surface area contributed by atoms with Crippen LogP contribution in [0.1, 0.15) is 0 Å². The molecule has 0 aliphatic rings. The summed E-state index contributed by atoms with van der Waals surface area (Å²) in [6.07, 6.45) is 0. The summed E-state index contributed by atoms with van der Waals surface area (Å²) >= 11 is 0. The summed E-state index contributed by atoms with van der Waals surface area (Å²) in [5.41, 5.74) is 0.172. The van der Waals surface area contributed by atoms with Crippen LogP contribution in [0.4, 0.5) is 0 Å². The molecule has 0 atom stereocenters. The number of nitrogens with one attached hydrogen (secondary N) is 1. The number of hydrogen-bond donors (Lipinski definition) is 2. The minimum Gasteiger partial charge on any atom is -0.477 e. The zero-order valence-corrected chi connectivity index (χ0v) is 7.37. The smallest absolute Gasteiger partial charge is 0.352 e. The third-order valence-corrected chi connectivity index (χ3v) is 1.75. The summed E-state index contributed by atoms with van der Waals surface area (Å²) in [5.74, 6) is -0.974. The molecule has 1 aromatic rings. The molecule has 13 heavy (non-hydrogen) atoms. The maximum atomic E-state index is 10.8. The normalized spacial score (nSPS) is 12.1. The van der Waals surface area contributed by atoms with Crippen LogP contribution in [0.5, 0.6) is 0 Å². The Balaban J connectivity index is 3.56. The molecule has 0 aliphatic carbocycles. The lowest BCUT2D eigenvalue weighted by Crippen LogP contribution is -2.33. The van der Waals surface area contributed by atoms with Crippen molar-refractivity contribution in [2.45, 2.75) is 0 Å². The van der Waals surface area contributed by atoms with Crippen LogP contribution in [0.25, 0.3) is 12.3 Å². The van der Waals surface area contributed by atoms with Crippen molar-refractivity contribution in [2.24, 2.45) is 0 Å². The van der Waals surface area contributed by atoms with Gasteiger partial charge in [0.05, 0.1) is 0 Å². The van der Waals surface area contributed by atoms with Gasteiger partial charge in [-0.2, -0.15) is 0 Å². The summed E-state index contributed by atoms with van der Waals surface area (Å²) in [7, 11) is 1.58. The van der Waals surface area contributed by atoms with E-state index in [-0.39, 0.29) is 5.70 Å². The van der Waals surface area contributed by atoms with E-state index in [9.17, 15) is 4.79 Å². The highest BCUT2D eigenvalue weighted by molar-refractivity contribution is 6.07. The molecule has 0 fully saturated rings. The molecule has 3 heteroatoms. The van der Waals surface area contributed by atoms with Crippen LogP contribution in [-0.4, -0.2) is 18.1 Å². The highest BCUT2D eigenvalue weighted by atomic mass is 16.4. The van der Waals surface area contributed by atoms with Crippen LogP contribution in [-0.2, 0) is 4.79 Å². The van der Waals surface area contributed by atoms with Gasteiger partial charge in [-0.05, 0) is 5.22 Å². The Morgan fingerprint density at radius 1 is 1.46 bits per heavy atom. The number of benzene rings is 1. The van der Waals surface area contributed by atoms with Crippen LogP contribution in [0.15, 0.2) is 24.3 Å². The lowest BCUT2D eigenvalue weighted by Gasteiger charge is -2.00. The molecule has 68 valence electrons. The monoisotopic (exact) mass is 177 g/mol. The molecule has 2 N–H and O–H groups in total. The van der Waals surface area contributed by atoms with Gasteiger partial charge < -0.3 is 10.4 Å². The van der Waals surface area contributed by atoms with Gasteiger partial charge in [0, 0.05) is 12.3 Å². The molecular weight excluding hydrogens is 166 g/mol. The third kappa shape index (κ3) is 1.87. The summed E-state index contributed by atoms with van der Waals surface area (Å²) < 4.78 is 0. The largest absolute Gasteiger partial charge is 0.477 e. The molecule has 0 saturated carbocycles. The van der Waals surface area contributed by atoms with Crippen molar-refractivity contribution in [3.63, 3.8) is 0 Å². The fourth-order valence-electron chi connectivity index (χ4n) is 1.12. The van der Waals surface area contributed by atoms with Gasteiger partial charge in [0.2, 0.25) is 0 Å². The molecule has 0 heterocycles. The second-order valence-corrected chi connectivity index (χ2v) is 2.59. The van der Waals surface area contributed by atoms with Crippen LogP contribution < -0.4 is 15.8 Å². The summed E-state index contributed by atoms with van der Waals surface area (Å²) in [5, 5.41) is 12.8. The summed E-state index contributed by atoms with van der Waals surface area (Å²) in [4.78, 5) is 10.8. The first-order valence-electron chi connectivity index (χ1n) is 3.86. The number of carboxylic acids is 1. The molecule has 0 unspecified atom stereocenters. The number of aliphatic carboxylic acids is 1. The van der Waals surface area contributed by atoms with Crippen molar-refractivity contribution in [2.75, 3.05) is 7.05 Å². The van der Waals surface area contributed by atoms with Crippen molar-refractivity contribution in [1.82, 2.24) is 5.32 Å². The number of likely N-dealkylation sites (N-methyl/N-ethyl adjacent to an activating group) is 1. The van der Waals surface area contributed by atoms with E-state index in [1.54, 1.807) is 25.2 Å². The Morgan fingerprint density at radius 3 is 2.54 bits per heavy atom. The van der Waals surface area contributed by atoms with Crippen molar-refractivity contribution in [3.05, 3.63) is 34.7 Å². The zero-order chi connectivity index (χ0) is 9.84. The van der Waals surface area contributed by atoms with Gasteiger partial charge in [0.1, 0.15) is 5.70 Å². The Labute approximate surface area is 76.0 Å². The van der Waals surface area contributed by atoms with Crippen molar-refractivity contribution in [3.8, 4) is 0 Å². The van der Waals surface area contributed by atoms with E-state index in [0.717, 1.165) is 0 Å². The van der Waals surface area contributed by atoms with Crippen LogP contribution in [0.2, 0.25) is 0 Å². The SMILES string of the molecule is C=c1cccc/c1=C(/NC)C(=O)O. The lowest BCUT2D eigenvalue weighted by atomic mass is 10.2. The number of hydrogen-bond acceptors (Lipinski definition) is 2. The van der Waals surface area contributed by atoms with E-state index in [4.69, 9.17) is 5.11 Å². The molecular formula is C10H11NO2. The van der Waals surface area contributed by atoms with Gasteiger partial charge in [-0.15, -0.1) is 0 Å². The van der Waals surface area contributed by atoms with Crippen molar-refractivity contribution in [1.29, 1.82) is 0 Å². The molecule has 0 aromatic heterocycles. The molecule has 0 saturated heterocycles. The average molecular weight is 177 g/mol. The predicted octanol–water partition coefficient (Wildman–Crippen LogP) is -0.491. The number of carboxylic acid groups (broad SMARTS) is 1. The third-order valence-electron chi connectivity index (χ3n) is 1.75. The van der Waals surface area contributed by atoms with E-state index < -0.39 is 5.97 Å². The van der Waals surface area contributed by atoms with E-state index in [1.807, 2.05) is 6.07 Å². The fraction of sp³-hybridized carbons (Fsp3) is 0.100. The fourth-order valence-corrected chi connectivity index (χ4v) is 1.12. The van der Waals surface area contributed by atoms with Gasteiger partial charge in [-0.1, -0.05) is 30.8 Å². The standard InChI is InChI=1S/C10H11NO2/c1-7-5-3-4-6-8(7)9(11-2)10(12)13/h3-6,11H,1H2,2H3,(H,12,13)/b9-8-. The summed E-state index contributed by atoms with van der Waals surface area (Å²) in [6, 6.07) is 7.10. The van der Waals surface area contributed by atoms with E-state index >= 15 is 0 Å². The zero-order valence-electron chi connectivity index (χ0n) is 7.37. The van der Waals surface area contributed by atoms with Crippen LogP contribution in [0.3, 0.4) is 0 Å². The molecule has 0 amide bonds. The first-order chi connectivity index (χ1) is 6.16. The molecule has 0 radical (unpaired) electrons. The number of rotatable bonds is 2. The Bertz CT molecular complexity index is 423. The summed E-state index contributed by atoms with van der Waals surface area (Å²) in [6.45, 7) is 3.75. The maximum Gasteiger partial charge on any atom is 0.352 e. The van der Waals surface area contributed by atoms with Crippen LogP contribution in [0, 0.1) is 0 Å². The minimum absolute atomic E-state index is 0.172. The van der Waals surface area contributed by atoms with Crippen molar-refractivity contribution >= 4 is 18.2 Å². The molecule has 0 aliphatic heterocycles. The average Bonchev–Trinajstić information content (AvgIpc) is 2.09. The van der Waals surface area contributed by atoms with Gasteiger partial charge in [0.25, 0.3) is 0 Å². The van der Waals surface area contributed by atoms with Gasteiger partial charge in [-0.3, -0.25) is 0 Å². The van der Waals surface area contributed by atoms with Crippen LogP contribution >= 0.6 is 0 Å². The van der Waals surface area contributed by atoms with E-state index in [1.165, 1.54) is 0 Å². The first-order valence-corrected chi connectivity index (χ1v) is 3.86. The topological polar surface area (TPSA) is 49.3 Å². The Hall–Kier alpha value is -1.77. The molecule has 1 rings (SSSR count). The predicted molar refractivity (Wildman–Crippen MR) is 51.3 cm³/mol. The number of carbonyl (C=O) groups is 1. The van der Waals surface area contributed by atoms with Gasteiger partial charge >= 0.3 is 5.97 Å². The van der Waals surface area contributed by atoms with E-state index in [2.05, 4.69) is 11.9 Å². The Kier molecular flexibility index (Phi) is 2.69.